The normalized spacial score (nSPS) is 13.6. The number of hydrogen-bond donors (Lipinski definition) is 0. The second kappa shape index (κ2) is 5.58. The van der Waals surface area contributed by atoms with Crippen LogP contribution in [0.4, 0.5) is 0 Å². The smallest absolute Gasteiger partial charge is 0.123 e. The van der Waals surface area contributed by atoms with Gasteiger partial charge in [0.2, 0.25) is 0 Å². The largest absolute Gasteiger partial charge is 0.493 e. The van der Waals surface area contributed by atoms with Crippen LogP contribution >= 0.6 is 11.6 Å². The highest BCUT2D eigenvalue weighted by Gasteiger charge is 2.18. The number of alkyl halides is 1. The summed E-state index contributed by atoms with van der Waals surface area (Å²) < 4.78 is 5.83. The highest BCUT2D eigenvalue weighted by atomic mass is 35.5. The van der Waals surface area contributed by atoms with Crippen molar-refractivity contribution < 1.29 is 4.74 Å². The fourth-order valence-corrected chi connectivity index (χ4v) is 1.58. The molecule has 0 amide bonds. The molecule has 0 saturated carbocycles. The second-order valence-electron chi connectivity index (χ2n) is 5.32. The molecule has 1 aromatic rings. The molecule has 90 valence electrons. The number of halogens is 1. The van der Waals surface area contributed by atoms with E-state index in [0.717, 1.165) is 5.75 Å². The first-order valence-corrected chi connectivity index (χ1v) is 6.27. The second-order valence-corrected chi connectivity index (χ2v) is 5.63. The number of rotatable bonds is 4. The summed E-state index contributed by atoms with van der Waals surface area (Å²) in [6.07, 6.45) is 0. The molecule has 2 heteroatoms. The predicted molar refractivity (Wildman–Crippen MR) is 70.5 cm³/mol. The Bertz CT molecular complexity index is 328. The Morgan fingerprint density at radius 2 is 1.88 bits per heavy atom. The van der Waals surface area contributed by atoms with Gasteiger partial charge in [-0.15, -0.1) is 11.6 Å². The van der Waals surface area contributed by atoms with Crippen LogP contribution in [0.5, 0.6) is 5.75 Å². The number of para-hydroxylation sites is 1. The van der Waals surface area contributed by atoms with Gasteiger partial charge in [-0.25, -0.2) is 0 Å². The highest BCUT2D eigenvalue weighted by Crippen LogP contribution is 2.31. The lowest BCUT2D eigenvalue weighted by molar-refractivity contribution is 0.266. The van der Waals surface area contributed by atoms with Crippen molar-refractivity contribution in [2.75, 3.05) is 12.5 Å². The molecule has 1 nitrogen and oxygen atoms in total. The van der Waals surface area contributed by atoms with Gasteiger partial charge in [0.15, 0.2) is 0 Å². The van der Waals surface area contributed by atoms with Crippen molar-refractivity contribution in [2.24, 2.45) is 5.92 Å². The van der Waals surface area contributed by atoms with Gasteiger partial charge in [0.25, 0.3) is 0 Å². The summed E-state index contributed by atoms with van der Waals surface area (Å²) in [7, 11) is 0. The van der Waals surface area contributed by atoms with Crippen LogP contribution in [-0.4, -0.2) is 12.5 Å². The molecule has 16 heavy (non-hydrogen) atoms. The third-order valence-corrected chi connectivity index (χ3v) is 3.01. The molecule has 0 heterocycles. The molecule has 0 N–H and O–H groups in total. The van der Waals surface area contributed by atoms with Gasteiger partial charge in [-0.05, 0) is 17.0 Å². The fraction of sp³-hybridized carbons (Fsp3) is 0.571. The minimum Gasteiger partial charge on any atom is -0.493 e. The van der Waals surface area contributed by atoms with Crippen LogP contribution in [0.3, 0.4) is 0 Å². The Labute approximate surface area is 104 Å². The first-order valence-electron chi connectivity index (χ1n) is 5.73. The van der Waals surface area contributed by atoms with Crippen LogP contribution in [0.2, 0.25) is 0 Å². The van der Waals surface area contributed by atoms with Crippen LogP contribution in [0.25, 0.3) is 0 Å². The van der Waals surface area contributed by atoms with Gasteiger partial charge >= 0.3 is 0 Å². The van der Waals surface area contributed by atoms with Crippen molar-refractivity contribution in [1.82, 2.24) is 0 Å². The molecule has 0 aliphatic carbocycles. The van der Waals surface area contributed by atoms with E-state index in [2.05, 4.69) is 39.8 Å². The molecule has 0 radical (unpaired) electrons. The molecule has 0 aliphatic heterocycles. The van der Waals surface area contributed by atoms with Gasteiger partial charge in [-0.3, -0.25) is 0 Å². The van der Waals surface area contributed by atoms with Gasteiger partial charge in [0, 0.05) is 11.8 Å². The molecular formula is C14H21ClO. The van der Waals surface area contributed by atoms with E-state index in [1.165, 1.54) is 5.56 Å². The summed E-state index contributed by atoms with van der Waals surface area (Å²) in [4.78, 5) is 0. The van der Waals surface area contributed by atoms with Gasteiger partial charge in [-0.2, -0.15) is 0 Å². The molecule has 0 aromatic heterocycles. The Balaban J connectivity index is 2.80. The standard InChI is InChI=1S/C14H21ClO/c1-11(9-15)10-16-13-8-6-5-7-12(13)14(2,3)4/h5-8,11H,9-10H2,1-4H3. The van der Waals surface area contributed by atoms with Crippen molar-refractivity contribution >= 4 is 11.6 Å². The molecule has 0 spiro atoms. The maximum absolute atomic E-state index is 5.83. The molecule has 0 fully saturated rings. The summed E-state index contributed by atoms with van der Waals surface area (Å²) in [5.41, 5.74) is 1.36. The van der Waals surface area contributed by atoms with E-state index in [1.54, 1.807) is 0 Å². The van der Waals surface area contributed by atoms with Crippen LogP contribution < -0.4 is 4.74 Å². The summed E-state index contributed by atoms with van der Waals surface area (Å²) in [6.45, 7) is 9.35. The number of ether oxygens (including phenoxy) is 1. The lowest BCUT2D eigenvalue weighted by Crippen LogP contribution is -2.16. The minimum absolute atomic E-state index is 0.112. The summed E-state index contributed by atoms with van der Waals surface area (Å²) >= 11 is 5.77. The zero-order chi connectivity index (χ0) is 12.2. The van der Waals surface area contributed by atoms with Crippen molar-refractivity contribution in [3.8, 4) is 5.75 Å². The third kappa shape index (κ3) is 3.71. The van der Waals surface area contributed by atoms with Crippen molar-refractivity contribution in [3.63, 3.8) is 0 Å². The van der Waals surface area contributed by atoms with Crippen LogP contribution in [-0.2, 0) is 5.41 Å². The average Bonchev–Trinajstić information content (AvgIpc) is 2.25. The monoisotopic (exact) mass is 240 g/mol. The molecule has 0 saturated heterocycles. The van der Waals surface area contributed by atoms with E-state index in [0.29, 0.717) is 18.4 Å². The van der Waals surface area contributed by atoms with Gasteiger partial charge in [0.05, 0.1) is 6.61 Å². The quantitative estimate of drug-likeness (QED) is 0.716. The summed E-state index contributed by atoms with van der Waals surface area (Å²) in [5.74, 6) is 2.00. The highest BCUT2D eigenvalue weighted by molar-refractivity contribution is 6.18. The number of benzene rings is 1. The Kier molecular flexibility index (Phi) is 4.67. The van der Waals surface area contributed by atoms with Crippen LogP contribution in [0, 0.1) is 5.92 Å². The molecule has 0 bridgehead atoms. The van der Waals surface area contributed by atoms with E-state index in [1.807, 2.05) is 12.1 Å². The van der Waals surface area contributed by atoms with Gasteiger partial charge in [-0.1, -0.05) is 45.9 Å². The first kappa shape index (κ1) is 13.4. The molecule has 1 atom stereocenters. The lowest BCUT2D eigenvalue weighted by atomic mass is 9.86. The summed E-state index contributed by atoms with van der Waals surface area (Å²) in [5, 5.41) is 0. The van der Waals surface area contributed by atoms with E-state index in [9.17, 15) is 0 Å². The van der Waals surface area contributed by atoms with Crippen molar-refractivity contribution in [3.05, 3.63) is 29.8 Å². The van der Waals surface area contributed by atoms with E-state index < -0.39 is 0 Å². The maximum Gasteiger partial charge on any atom is 0.123 e. The van der Waals surface area contributed by atoms with Crippen LogP contribution in [0.15, 0.2) is 24.3 Å². The predicted octanol–water partition coefficient (Wildman–Crippen LogP) is 4.24. The molecule has 1 aromatic carbocycles. The van der Waals surface area contributed by atoms with Gasteiger partial charge < -0.3 is 4.74 Å². The SMILES string of the molecule is CC(CCl)COc1ccccc1C(C)(C)C. The van der Waals surface area contributed by atoms with Crippen molar-refractivity contribution in [1.29, 1.82) is 0 Å². The van der Waals surface area contributed by atoms with Crippen LogP contribution in [0.1, 0.15) is 33.3 Å². The van der Waals surface area contributed by atoms with E-state index in [4.69, 9.17) is 16.3 Å². The molecule has 0 aliphatic rings. The number of hydrogen-bond acceptors (Lipinski definition) is 1. The zero-order valence-corrected chi connectivity index (χ0v) is 11.3. The van der Waals surface area contributed by atoms with Crippen molar-refractivity contribution in [2.45, 2.75) is 33.1 Å². The molecule has 1 rings (SSSR count). The topological polar surface area (TPSA) is 9.23 Å². The summed E-state index contributed by atoms with van der Waals surface area (Å²) in [6, 6.07) is 8.22. The fourth-order valence-electron chi connectivity index (χ4n) is 1.49. The first-order chi connectivity index (χ1) is 7.45. The lowest BCUT2D eigenvalue weighted by Gasteiger charge is -2.23. The molecule has 1 unspecified atom stereocenters. The van der Waals surface area contributed by atoms with E-state index in [-0.39, 0.29) is 5.41 Å². The third-order valence-electron chi connectivity index (χ3n) is 2.48. The Morgan fingerprint density at radius 1 is 1.25 bits per heavy atom. The van der Waals surface area contributed by atoms with Gasteiger partial charge in [0.1, 0.15) is 5.75 Å². The Morgan fingerprint density at radius 3 is 2.44 bits per heavy atom. The maximum atomic E-state index is 5.83. The minimum atomic E-state index is 0.112. The zero-order valence-electron chi connectivity index (χ0n) is 10.6. The molecular weight excluding hydrogens is 220 g/mol. The Hall–Kier alpha value is -0.690. The van der Waals surface area contributed by atoms with E-state index >= 15 is 0 Å². The average molecular weight is 241 g/mol.